The average Bonchev–Trinajstić information content (AvgIpc) is 2.84. The molecule has 3 aromatic rings. The maximum absolute atomic E-state index is 12.9. The second-order valence-electron chi connectivity index (χ2n) is 7.83. The van der Waals surface area contributed by atoms with E-state index in [2.05, 4.69) is 17.6 Å². The van der Waals surface area contributed by atoms with Crippen molar-refractivity contribution in [3.05, 3.63) is 95.0 Å². The van der Waals surface area contributed by atoms with Crippen molar-refractivity contribution in [3.8, 4) is 0 Å². The molecule has 3 aromatic carbocycles. The van der Waals surface area contributed by atoms with E-state index in [0.29, 0.717) is 35.8 Å². The Labute approximate surface area is 200 Å². The molecule has 0 saturated carbocycles. The molecule has 0 fully saturated rings. The lowest BCUT2D eigenvalue weighted by Crippen LogP contribution is -2.37. The number of nitrogens with one attached hydrogen (secondary N) is 2. The third-order valence-corrected chi connectivity index (χ3v) is 5.54. The summed E-state index contributed by atoms with van der Waals surface area (Å²) in [6.07, 6.45) is 3.95. The van der Waals surface area contributed by atoms with Crippen LogP contribution in [0.1, 0.15) is 42.1 Å². The number of benzene rings is 3. The summed E-state index contributed by atoms with van der Waals surface area (Å²) in [6.45, 7) is 3.09. The van der Waals surface area contributed by atoms with Gasteiger partial charge in [0, 0.05) is 35.1 Å². The fourth-order valence-corrected chi connectivity index (χ4v) is 3.55. The van der Waals surface area contributed by atoms with Crippen LogP contribution in [0.5, 0.6) is 0 Å². The molecule has 0 saturated heterocycles. The van der Waals surface area contributed by atoms with Crippen LogP contribution in [0.3, 0.4) is 0 Å². The third-order valence-electron chi connectivity index (χ3n) is 5.29. The summed E-state index contributed by atoms with van der Waals surface area (Å²) in [5.41, 5.74) is 3.35. The van der Waals surface area contributed by atoms with Gasteiger partial charge in [-0.2, -0.15) is 0 Å². The Morgan fingerprint density at radius 1 is 0.879 bits per heavy atom. The number of urea groups is 1. The van der Waals surface area contributed by atoms with Gasteiger partial charge in [0.1, 0.15) is 0 Å². The van der Waals surface area contributed by atoms with Crippen molar-refractivity contribution in [3.63, 3.8) is 0 Å². The summed E-state index contributed by atoms with van der Waals surface area (Å²) in [7, 11) is 0. The van der Waals surface area contributed by atoms with Gasteiger partial charge >= 0.3 is 6.03 Å². The highest BCUT2D eigenvalue weighted by Crippen LogP contribution is 2.18. The molecular weight excluding hydrogens is 434 g/mol. The van der Waals surface area contributed by atoms with Gasteiger partial charge in [-0.3, -0.25) is 9.69 Å². The van der Waals surface area contributed by atoms with Gasteiger partial charge in [-0.1, -0.05) is 55.3 Å². The van der Waals surface area contributed by atoms with E-state index in [1.54, 1.807) is 29.2 Å². The van der Waals surface area contributed by atoms with E-state index in [1.807, 2.05) is 54.6 Å². The molecule has 33 heavy (non-hydrogen) atoms. The lowest BCUT2D eigenvalue weighted by molar-refractivity contribution is 0.0953. The number of carbonyl (C=O) groups is 2. The number of aryl methyl sites for hydroxylation is 1. The van der Waals surface area contributed by atoms with Crippen LogP contribution >= 0.6 is 11.6 Å². The average molecular weight is 464 g/mol. The van der Waals surface area contributed by atoms with Crippen molar-refractivity contribution < 1.29 is 9.59 Å². The van der Waals surface area contributed by atoms with Gasteiger partial charge in [-0.05, 0) is 73.4 Å². The minimum Gasteiger partial charge on any atom is -0.352 e. The first kappa shape index (κ1) is 24.3. The molecule has 0 aliphatic carbocycles. The van der Waals surface area contributed by atoms with Crippen LogP contribution in [0.25, 0.3) is 0 Å². The maximum atomic E-state index is 12.9. The lowest BCUT2D eigenvalue weighted by Gasteiger charge is -2.23. The van der Waals surface area contributed by atoms with E-state index in [9.17, 15) is 9.59 Å². The van der Waals surface area contributed by atoms with Gasteiger partial charge in [0.05, 0.1) is 0 Å². The first-order valence-corrected chi connectivity index (χ1v) is 11.7. The number of rotatable bonds is 10. The summed E-state index contributed by atoms with van der Waals surface area (Å²) >= 11 is 5.93. The first-order chi connectivity index (χ1) is 16.1. The molecular formula is C27H30ClN3O2. The normalized spacial score (nSPS) is 10.5. The number of amides is 3. The Morgan fingerprint density at radius 2 is 1.58 bits per heavy atom. The fourth-order valence-electron chi connectivity index (χ4n) is 3.42. The third kappa shape index (κ3) is 7.65. The molecule has 0 atom stereocenters. The molecule has 3 rings (SSSR count). The molecule has 0 radical (unpaired) electrons. The van der Waals surface area contributed by atoms with Crippen LogP contribution in [-0.2, 0) is 6.42 Å². The number of anilines is 2. The Kier molecular flexibility index (Phi) is 9.33. The molecule has 0 unspecified atom stereocenters. The molecule has 0 aromatic heterocycles. The van der Waals surface area contributed by atoms with Crippen LogP contribution in [0.15, 0.2) is 78.9 Å². The molecule has 3 amide bonds. The van der Waals surface area contributed by atoms with Crippen LogP contribution < -0.4 is 15.5 Å². The highest BCUT2D eigenvalue weighted by atomic mass is 35.5. The second kappa shape index (κ2) is 12.7. The Balaban J connectivity index is 1.54. The van der Waals surface area contributed by atoms with Crippen LogP contribution in [0.2, 0.25) is 5.02 Å². The number of nitrogens with zero attached hydrogens (tertiary/aromatic N) is 1. The number of halogens is 1. The van der Waals surface area contributed by atoms with E-state index in [0.717, 1.165) is 24.9 Å². The highest BCUT2D eigenvalue weighted by Gasteiger charge is 2.16. The zero-order chi connectivity index (χ0) is 23.5. The van der Waals surface area contributed by atoms with E-state index < -0.39 is 0 Å². The van der Waals surface area contributed by atoms with Crippen molar-refractivity contribution in [2.45, 2.75) is 32.6 Å². The molecule has 0 bridgehead atoms. The molecule has 2 N–H and O–H groups in total. The maximum Gasteiger partial charge on any atom is 0.326 e. The molecule has 172 valence electrons. The van der Waals surface area contributed by atoms with E-state index in [1.165, 1.54) is 5.56 Å². The molecule has 6 heteroatoms. The molecule has 0 heterocycles. The van der Waals surface area contributed by atoms with Gasteiger partial charge in [0.15, 0.2) is 0 Å². The van der Waals surface area contributed by atoms with Gasteiger partial charge in [-0.15, -0.1) is 0 Å². The van der Waals surface area contributed by atoms with Gasteiger partial charge in [0.2, 0.25) is 0 Å². The summed E-state index contributed by atoms with van der Waals surface area (Å²) in [6, 6.07) is 24.0. The number of para-hydroxylation sites is 1. The van der Waals surface area contributed by atoms with Crippen LogP contribution in [-0.4, -0.2) is 25.0 Å². The first-order valence-electron chi connectivity index (χ1n) is 11.3. The van der Waals surface area contributed by atoms with Crippen molar-refractivity contribution in [1.82, 2.24) is 5.32 Å². The quantitative estimate of drug-likeness (QED) is 0.335. The minimum absolute atomic E-state index is 0.103. The largest absolute Gasteiger partial charge is 0.352 e. The predicted molar refractivity (Wildman–Crippen MR) is 136 cm³/mol. The summed E-state index contributed by atoms with van der Waals surface area (Å²) in [4.78, 5) is 27.1. The molecule has 0 aliphatic heterocycles. The zero-order valence-electron chi connectivity index (χ0n) is 18.9. The van der Waals surface area contributed by atoms with E-state index in [-0.39, 0.29) is 11.9 Å². The highest BCUT2D eigenvalue weighted by molar-refractivity contribution is 6.30. The van der Waals surface area contributed by atoms with Crippen LogP contribution in [0, 0.1) is 0 Å². The smallest absolute Gasteiger partial charge is 0.326 e. The standard InChI is InChI=1S/C27H30ClN3O2/c1-2-3-8-21-11-13-22(14-12-21)26(32)29-19-7-20-31(25-9-5-4-6-10-25)27(33)30-24-17-15-23(28)16-18-24/h4-6,9-18H,2-3,7-8,19-20H2,1H3,(H,29,32)(H,30,33). The van der Waals surface area contributed by atoms with Crippen molar-refractivity contribution >= 4 is 34.9 Å². The number of unbranched alkanes of at least 4 members (excludes halogenated alkanes) is 1. The topological polar surface area (TPSA) is 61.4 Å². The zero-order valence-corrected chi connectivity index (χ0v) is 19.6. The van der Waals surface area contributed by atoms with E-state index >= 15 is 0 Å². The van der Waals surface area contributed by atoms with Gasteiger partial charge in [-0.25, -0.2) is 4.79 Å². The van der Waals surface area contributed by atoms with Gasteiger partial charge < -0.3 is 10.6 Å². The molecule has 0 aliphatic rings. The number of hydrogen-bond donors (Lipinski definition) is 2. The predicted octanol–water partition coefficient (Wildman–Crippen LogP) is 6.54. The number of carbonyl (C=O) groups excluding carboxylic acids is 2. The van der Waals surface area contributed by atoms with Crippen molar-refractivity contribution in [2.24, 2.45) is 0 Å². The SMILES string of the molecule is CCCCc1ccc(C(=O)NCCCN(C(=O)Nc2ccc(Cl)cc2)c2ccccc2)cc1. The Morgan fingerprint density at radius 3 is 2.24 bits per heavy atom. The molecule has 5 nitrogen and oxygen atoms in total. The summed E-state index contributed by atoms with van der Waals surface area (Å²) in [5.74, 6) is -0.103. The van der Waals surface area contributed by atoms with E-state index in [4.69, 9.17) is 11.6 Å². The number of hydrogen-bond acceptors (Lipinski definition) is 2. The van der Waals surface area contributed by atoms with Gasteiger partial charge in [0.25, 0.3) is 5.91 Å². The molecule has 0 spiro atoms. The van der Waals surface area contributed by atoms with Crippen LogP contribution in [0.4, 0.5) is 16.2 Å². The Bertz CT molecular complexity index is 1020. The monoisotopic (exact) mass is 463 g/mol. The van der Waals surface area contributed by atoms with Crippen molar-refractivity contribution in [1.29, 1.82) is 0 Å². The summed E-state index contributed by atoms with van der Waals surface area (Å²) in [5, 5.41) is 6.47. The second-order valence-corrected chi connectivity index (χ2v) is 8.27. The fraction of sp³-hybridized carbons (Fsp3) is 0.259. The summed E-state index contributed by atoms with van der Waals surface area (Å²) < 4.78 is 0. The van der Waals surface area contributed by atoms with Crippen molar-refractivity contribution in [2.75, 3.05) is 23.3 Å². The minimum atomic E-state index is -0.238. The Hall–Kier alpha value is -3.31. The lowest BCUT2D eigenvalue weighted by atomic mass is 10.1.